The Morgan fingerprint density at radius 1 is 1.71 bits per heavy atom. The van der Waals surface area contributed by atoms with Gasteiger partial charge in [-0.05, 0) is 0 Å². The van der Waals surface area contributed by atoms with Crippen molar-refractivity contribution in [2.75, 3.05) is 5.75 Å². The van der Waals surface area contributed by atoms with Crippen LogP contribution in [-0.4, -0.2) is 20.4 Å². The second kappa shape index (κ2) is 3.49. The lowest BCUT2D eigenvalue weighted by Gasteiger charge is -2.05. The maximum absolute atomic E-state index is 11.8. The van der Waals surface area contributed by atoms with E-state index in [1.807, 2.05) is 0 Å². The Labute approximate surface area is 85.3 Å². The molecule has 2 rings (SSSR count). The van der Waals surface area contributed by atoms with Crippen molar-refractivity contribution in [3.63, 3.8) is 0 Å². The molecule has 2 heterocycles. The molecule has 0 saturated heterocycles. The van der Waals surface area contributed by atoms with Gasteiger partial charge in [-0.3, -0.25) is 9.36 Å². The van der Waals surface area contributed by atoms with Gasteiger partial charge in [0.05, 0.1) is 5.56 Å². The smallest absolute Gasteiger partial charge is 0.261 e. The Kier molecular flexibility index (Phi) is 2.33. The van der Waals surface area contributed by atoms with Crippen LogP contribution in [0.25, 0.3) is 0 Å². The highest BCUT2D eigenvalue weighted by Crippen LogP contribution is 2.24. The molecule has 0 aliphatic carbocycles. The van der Waals surface area contributed by atoms with Crippen LogP contribution < -0.4 is 5.56 Å². The number of allylic oxidation sites excluding steroid dienone is 1. The highest BCUT2D eigenvalue weighted by Gasteiger charge is 2.19. The van der Waals surface area contributed by atoms with Crippen LogP contribution in [0.2, 0.25) is 0 Å². The number of rotatable bonds is 2. The van der Waals surface area contributed by atoms with Crippen LogP contribution in [0.1, 0.15) is 5.56 Å². The topological polar surface area (TPSA) is 55.1 Å². The lowest BCUT2D eigenvalue weighted by atomic mass is 10.2. The van der Waals surface area contributed by atoms with E-state index in [1.54, 1.807) is 10.6 Å². The van der Waals surface area contributed by atoms with Crippen molar-refractivity contribution in [1.82, 2.24) is 9.55 Å². The van der Waals surface area contributed by atoms with E-state index in [4.69, 9.17) is 0 Å². The van der Waals surface area contributed by atoms with Gasteiger partial charge in [-0.15, -0.1) is 6.58 Å². The molecule has 0 aromatic carbocycles. The van der Waals surface area contributed by atoms with Crippen LogP contribution in [0, 0.1) is 0 Å². The van der Waals surface area contributed by atoms with Gasteiger partial charge < -0.3 is 5.11 Å². The summed E-state index contributed by atoms with van der Waals surface area (Å²) in [6.07, 6.45) is 1.95. The van der Waals surface area contributed by atoms with E-state index in [9.17, 15) is 9.90 Å². The average Bonchev–Trinajstić information content (AvgIpc) is 2.60. The van der Waals surface area contributed by atoms with Crippen LogP contribution in [-0.2, 0) is 13.0 Å². The number of fused-ring (bicyclic) bond motifs is 1. The third-order valence-corrected chi connectivity index (χ3v) is 3.06. The zero-order valence-electron chi connectivity index (χ0n) is 7.56. The standard InChI is InChI=1S/C9H10N2O2S/c1-2-3-6-7(12)10-9-11(8(6)13)4-5-14-9/h2,12H,1,3-5H2. The second-order valence-corrected chi connectivity index (χ2v) is 4.06. The first kappa shape index (κ1) is 9.33. The third-order valence-electron chi connectivity index (χ3n) is 2.10. The Morgan fingerprint density at radius 2 is 2.50 bits per heavy atom. The number of hydrogen-bond donors (Lipinski definition) is 1. The predicted molar refractivity (Wildman–Crippen MR) is 54.8 cm³/mol. The fourth-order valence-corrected chi connectivity index (χ4v) is 2.36. The monoisotopic (exact) mass is 210 g/mol. The van der Waals surface area contributed by atoms with Crippen LogP contribution in [0.4, 0.5) is 0 Å². The number of nitrogens with zero attached hydrogens (tertiary/aromatic N) is 2. The molecule has 0 fully saturated rings. The molecule has 74 valence electrons. The molecule has 0 saturated carbocycles. The van der Waals surface area contributed by atoms with Crippen molar-refractivity contribution in [1.29, 1.82) is 0 Å². The molecule has 0 radical (unpaired) electrons. The van der Waals surface area contributed by atoms with Crippen LogP contribution >= 0.6 is 11.8 Å². The van der Waals surface area contributed by atoms with Gasteiger partial charge in [0.25, 0.3) is 5.56 Å². The van der Waals surface area contributed by atoms with Gasteiger partial charge in [0.15, 0.2) is 5.16 Å². The quantitative estimate of drug-likeness (QED) is 0.579. The van der Waals surface area contributed by atoms with E-state index in [0.717, 1.165) is 5.75 Å². The minimum absolute atomic E-state index is 0.141. The molecule has 1 N–H and O–H groups in total. The summed E-state index contributed by atoms with van der Waals surface area (Å²) in [6.45, 7) is 4.22. The van der Waals surface area contributed by atoms with Crippen LogP contribution in [0.15, 0.2) is 22.6 Å². The predicted octanol–water partition coefficient (Wildman–Crippen LogP) is 0.783. The molecule has 0 unspecified atom stereocenters. The minimum atomic E-state index is -0.157. The van der Waals surface area contributed by atoms with Crippen molar-refractivity contribution >= 4 is 11.8 Å². The Morgan fingerprint density at radius 3 is 3.21 bits per heavy atom. The minimum Gasteiger partial charge on any atom is -0.493 e. The Hall–Kier alpha value is -1.23. The summed E-state index contributed by atoms with van der Waals surface area (Å²) in [5.41, 5.74) is 0.198. The molecule has 0 amide bonds. The van der Waals surface area contributed by atoms with Gasteiger partial charge in [-0.1, -0.05) is 17.8 Å². The summed E-state index contributed by atoms with van der Waals surface area (Å²) in [4.78, 5) is 15.7. The van der Waals surface area contributed by atoms with Crippen molar-refractivity contribution in [2.24, 2.45) is 0 Å². The number of thioether (sulfide) groups is 1. The first-order valence-corrected chi connectivity index (χ1v) is 5.29. The first-order valence-electron chi connectivity index (χ1n) is 4.30. The molecule has 4 nitrogen and oxygen atoms in total. The average molecular weight is 210 g/mol. The summed E-state index contributed by atoms with van der Waals surface area (Å²) < 4.78 is 1.60. The molecule has 0 spiro atoms. The molecule has 0 bridgehead atoms. The highest BCUT2D eigenvalue weighted by atomic mass is 32.2. The summed E-state index contributed by atoms with van der Waals surface area (Å²) >= 11 is 1.49. The van der Waals surface area contributed by atoms with E-state index >= 15 is 0 Å². The maximum Gasteiger partial charge on any atom is 0.261 e. The van der Waals surface area contributed by atoms with Crippen molar-refractivity contribution in [2.45, 2.75) is 18.1 Å². The van der Waals surface area contributed by atoms with Gasteiger partial charge in [-0.25, -0.2) is 0 Å². The summed E-state index contributed by atoms with van der Waals surface area (Å²) in [7, 11) is 0. The molecule has 1 aromatic heterocycles. The summed E-state index contributed by atoms with van der Waals surface area (Å²) in [5, 5.41) is 10.1. The second-order valence-electron chi connectivity index (χ2n) is 2.99. The van der Waals surface area contributed by atoms with Gasteiger partial charge in [0.2, 0.25) is 5.88 Å². The maximum atomic E-state index is 11.8. The van der Waals surface area contributed by atoms with Gasteiger partial charge in [0.1, 0.15) is 0 Å². The largest absolute Gasteiger partial charge is 0.493 e. The molecule has 1 aliphatic rings. The van der Waals surface area contributed by atoms with E-state index in [0.29, 0.717) is 23.7 Å². The molecular weight excluding hydrogens is 200 g/mol. The number of aromatic nitrogens is 2. The third kappa shape index (κ3) is 1.33. The first-order chi connectivity index (χ1) is 6.74. The molecule has 14 heavy (non-hydrogen) atoms. The lowest BCUT2D eigenvalue weighted by molar-refractivity contribution is 0.429. The molecule has 0 atom stereocenters. The number of aromatic hydroxyl groups is 1. The highest BCUT2D eigenvalue weighted by molar-refractivity contribution is 7.99. The molecule has 1 aliphatic heterocycles. The van der Waals surface area contributed by atoms with Gasteiger partial charge in [0, 0.05) is 18.7 Å². The lowest BCUT2D eigenvalue weighted by Crippen LogP contribution is -2.23. The zero-order valence-corrected chi connectivity index (χ0v) is 8.38. The van der Waals surface area contributed by atoms with Crippen molar-refractivity contribution in [3.8, 4) is 5.88 Å². The molecule has 5 heteroatoms. The molecular formula is C9H10N2O2S. The van der Waals surface area contributed by atoms with E-state index < -0.39 is 0 Å². The number of hydrogen-bond acceptors (Lipinski definition) is 4. The van der Waals surface area contributed by atoms with Gasteiger partial charge in [-0.2, -0.15) is 4.98 Å². The SMILES string of the molecule is C=CCc1c(O)nc2n(c1=O)CCS2. The van der Waals surface area contributed by atoms with Gasteiger partial charge >= 0.3 is 0 Å². The fourth-order valence-electron chi connectivity index (χ4n) is 1.42. The van der Waals surface area contributed by atoms with Crippen LogP contribution in [0.5, 0.6) is 5.88 Å². The van der Waals surface area contributed by atoms with E-state index in [2.05, 4.69) is 11.6 Å². The Balaban J connectivity index is 2.62. The Bertz CT molecular complexity index is 439. The van der Waals surface area contributed by atoms with Crippen molar-refractivity contribution in [3.05, 3.63) is 28.6 Å². The zero-order chi connectivity index (χ0) is 10.1. The van der Waals surface area contributed by atoms with Crippen LogP contribution in [0.3, 0.4) is 0 Å². The summed E-state index contributed by atoms with van der Waals surface area (Å²) in [5.74, 6) is 0.690. The molecule has 1 aromatic rings. The van der Waals surface area contributed by atoms with E-state index in [-0.39, 0.29) is 11.4 Å². The van der Waals surface area contributed by atoms with Crippen molar-refractivity contribution < 1.29 is 5.11 Å². The fraction of sp³-hybridized carbons (Fsp3) is 0.333. The normalized spacial score (nSPS) is 14.0. The summed E-state index contributed by atoms with van der Waals surface area (Å²) in [6, 6.07) is 0. The van der Waals surface area contributed by atoms with E-state index in [1.165, 1.54) is 11.8 Å².